The van der Waals surface area contributed by atoms with Crippen LogP contribution in [0.1, 0.15) is 49.8 Å². The first-order chi connectivity index (χ1) is 9.51. The van der Waals surface area contributed by atoms with E-state index in [9.17, 15) is 9.90 Å². The molecule has 3 heteroatoms. The van der Waals surface area contributed by atoms with Crippen LogP contribution in [0, 0.1) is 23.7 Å². The van der Waals surface area contributed by atoms with Crippen LogP contribution < -0.4 is 0 Å². The first-order valence-corrected chi connectivity index (χ1v) is 8.63. The molecule has 1 aromatic heterocycles. The normalized spacial score (nSPS) is 26.9. The smallest absolute Gasteiger partial charge is 0.306 e. The highest BCUT2D eigenvalue weighted by Gasteiger charge is 2.36. The summed E-state index contributed by atoms with van der Waals surface area (Å²) in [5.74, 6) is 0.946. The van der Waals surface area contributed by atoms with Crippen LogP contribution in [0.5, 0.6) is 0 Å². The van der Waals surface area contributed by atoms with Crippen molar-refractivity contribution in [1.29, 1.82) is 0 Å². The Morgan fingerprint density at radius 3 is 2.60 bits per heavy atom. The fraction of sp³-hybridized carbons (Fsp3) is 0.706. The lowest BCUT2D eigenvalue weighted by molar-refractivity contribution is -0.145. The number of aryl methyl sites for hydroxylation is 1. The third-order valence-electron chi connectivity index (χ3n) is 4.81. The van der Waals surface area contributed by atoms with Gasteiger partial charge in [-0.05, 0) is 62.0 Å². The first kappa shape index (κ1) is 15.6. The molecule has 2 rings (SSSR count). The number of rotatable bonds is 5. The molecule has 1 fully saturated rings. The van der Waals surface area contributed by atoms with E-state index in [0.717, 1.165) is 32.1 Å². The molecule has 1 heterocycles. The summed E-state index contributed by atoms with van der Waals surface area (Å²) in [6, 6.07) is 4.39. The number of carboxylic acid groups (broad SMARTS) is 1. The summed E-state index contributed by atoms with van der Waals surface area (Å²) in [6.07, 6.45) is 5.04. The lowest BCUT2D eigenvalue weighted by Crippen LogP contribution is -2.33. The maximum absolute atomic E-state index is 11.5. The Kier molecular flexibility index (Phi) is 5.25. The molecule has 1 N–H and O–H groups in total. The van der Waals surface area contributed by atoms with E-state index in [2.05, 4.69) is 32.9 Å². The Bertz CT molecular complexity index is 450. The Balaban J connectivity index is 2.08. The summed E-state index contributed by atoms with van der Waals surface area (Å²) in [5.41, 5.74) is 0. The third-order valence-corrected chi connectivity index (χ3v) is 6.06. The standard InChI is InChI=1S/C17H26O2S/c1-4-14-6-7-15(20-14)10-13-9-12(11(2)3)5-8-16(13)17(18)19/h6-7,11-13,16H,4-5,8-10H2,1-3H3,(H,18,19). The lowest BCUT2D eigenvalue weighted by Gasteiger charge is -2.35. The van der Waals surface area contributed by atoms with Crippen molar-refractivity contribution in [3.05, 3.63) is 21.9 Å². The molecule has 0 radical (unpaired) electrons. The summed E-state index contributed by atoms with van der Waals surface area (Å²) >= 11 is 1.86. The molecule has 1 saturated carbocycles. The quantitative estimate of drug-likeness (QED) is 0.860. The van der Waals surface area contributed by atoms with E-state index in [1.165, 1.54) is 9.75 Å². The average molecular weight is 294 g/mol. The monoisotopic (exact) mass is 294 g/mol. The minimum absolute atomic E-state index is 0.142. The zero-order valence-corrected chi connectivity index (χ0v) is 13.6. The van der Waals surface area contributed by atoms with Gasteiger partial charge in [-0.3, -0.25) is 4.79 Å². The van der Waals surface area contributed by atoms with Crippen LogP contribution in [0.2, 0.25) is 0 Å². The van der Waals surface area contributed by atoms with Crippen molar-refractivity contribution < 1.29 is 9.90 Å². The molecule has 20 heavy (non-hydrogen) atoms. The van der Waals surface area contributed by atoms with Crippen molar-refractivity contribution in [3.63, 3.8) is 0 Å². The minimum atomic E-state index is -0.593. The molecule has 2 nitrogen and oxygen atoms in total. The van der Waals surface area contributed by atoms with E-state index in [-0.39, 0.29) is 5.92 Å². The molecule has 112 valence electrons. The summed E-state index contributed by atoms with van der Waals surface area (Å²) in [5, 5.41) is 9.47. The molecular formula is C17H26O2S. The van der Waals surface area contributed by atoms with Gasteiger partial charge in [0.1, 0.15) is 0 Å². The average Bonchev–Trinajstić information content (AvgIpc) is 2.86. The molecule has 0 amide bonds. The van der Waals surface area contributed by atoms with E-state index in [1.54, 1.807) is 0 Å². The topological polar surface area (TPSA) is 37.3 Å². The minimum Gasteiger partial charge on any atom is -0.481 e. The van der Waals surface area contributed by atoms with E-state index < -0.39 is 5.97 Å². The molecule has 3 atom stereocenters. The number of hydrogen-bond acceptors (Lipinski definition) is 2. The van der Waals surface area contributed by atoms with Gasteiger partial charge in [0.05, 0.1) is 5.92 Å². The lowest BCUT2D eigenvalue weighted by atomic mass is 9.69. The van der Waals surface area contributed by atoms with Gasteiger partial charge < -0.3 is 5.11 Å². The second kappa shape index (κ2) is 6.75. The Labute approximate surface area is 126 Å². The highest BCUT2D eigenvalue weighted by molar-refractivity contribution is 7.11. The van der Waals surface area contributed by atoms with Gasteiger partial charge in [-0.15, -0.1) is 11.3 Å². The number of aliphatic carboxylic acids is 1. The second-order valence-electron chi connectivity index (χ2n) is 6.45. The highest BCUT2D eigenvalue weighted by Crippen LogP contribution is 2.40. The van der Waals surface area contributed by atoms with Crippen molar-refractivity contribution in [2.45, 2.75) is 52.9 Å². The van der Waals surface area contributed by atoms with E-state index in [4.69, 9.17) is 0 Å². The fourth-order valence-electron chi connectivity index (χ4n) is 3.44. The molecule has 3 unspecified atom stereocenters. The zero-order chi connectivity index (χ0) is 14.7. The Morgan fingerprint density at radius 1 is 1.35 bits per heavy atom. The van der Waals surface area contributed by atoms with Gasteiger partial charge in [-0.25, -0.2) is 0 Å². The summed E-state index contributed by atoms with van der Waals surface area (Å²) in [6.45, 7) is 6.71. The van der Waals surface area contributed by atoms with Crippen molar-refractivity contribution in [2.75, 3.05) is 0 Å². The zero-order valence-electron chi connectivity index (χ0n) is 12.8. The van der Waals surface area contributed by atoms with Gasteiger partial charge in [0.25, 0.3) is 0 Å². The Morgan fingerprint density at radius 2 is 2.05 bits per heavy atom. The van der Waals surface area contributed by atoms with Crippen LogP contribution in [0.25, 0.3) is 0 Å². The molecule has 0 bridgehead atoms. The van der Waals surface area contributed by atoms with Gasteiger partial charge in [0, 0.05) is 9.75 Å². The van der Waals surface area contributed by atoms with Crippen LogP contribution in [-0.4, -0.2) is 11.1 Å². The maximum atomic E-state index is 11.5. The van der Waals surface area contributed by atoms with E-state index in [1.807, 2.05) is 11.3 Å². The number of thiophene rings is 1. The van der Waals surface area contributed by atoms with Gasteiger partial charge in [0.2, 0.25) is 0 Å². The van der Waals surface area contributed by atoms with Crippen LogP contribution in [0.3, 0.4) is 0 Å². The van der Waals surface area contributed by atoms with Crippen molar-refractivity contribution in [3.8, 4) is 0 Å². The predicted molar refractivity (Wildman–Crippen MR) is 84.2 cm³/mol. The van der Waals surface area contributed by atoms with E-state index >= 15 is 0 Å². The number of hydrogen-bond donors (Lipinski definition) is 1. The summed E-state index contributed by atoms with van der Waals surface area (Å²) in [4.78, 5) is 14.3. The number of carboxylic acids is 1. The predicted octanol–water partition coefficient (Wildman–Crippen LogP) is 4.63. The fourth-order valence-corrected chi connectivity index (χ4v) is 4.49. The molecule has 0 aromatic carbocycles. The van der Waals surface area contributed by atoms with Gasteiger partial charge >= 0.3 is 5.97 Å². The molecule has 1 aliphatic carbocycles. The molecule has 1 aromatic rings. The third kappa shape index (κ3) is 3.63. The largest absolute Gasteiger partial charge is 0.481 e. The van der Waals surface area contributed by atoms with Crippen LogP contribution in [0.4, 0.5) is 0 Å². The van der Waals surface area contributed by atoms with Crippen molar-refractivity contribution in [1.82, 2.24) is 0 Å². The van der Waals surface area contributed by atoms with Crippen LogP contribution >= 0.6 is 11.3 Å². The summed E-state index contributed by atoms with van der Waals surface area (Å²) < 4.78 is 0. The van der Waals surface area contributed by atoms with Crippen LogP contribution in [-0.2, 0) is 17.6 Å². The molecular weight excluding hydrogens is 268 g/mol. The van der Waals surface area contributed by atoms with Crippen molar-refractivity contribution >= 4 is 17.3 Å². The molecule has 0 spiro atoms. The molecule has 1 aliphatic rings. The van der Waals surface area contributed by atoms with Gasteiger partial charge in [0.15, 0.2) is 0 Å². The Hall–Kier alpha value is -0.830. The van der Waals surface area contributed by atoms with Crippen LogP contribution in [0.15, 0.2) is 12.1 Å². The van der Waals surface area contributed by atoms with Gasteiger partial charge in [-0.2, -0.15) is 0 Å². The van der Waals surface area contributed by atoms with Crippen molar-refractivity contribution in [2.24, 2.45) is 23.7 Å². The molecule has 0 saturated heterocycles. The van der Waals surface area contributed by atoms with Gasteiger partial charge in [-0.1, -0.05) is 20.8 Å². The second-order valence-corrected chi connectivity index (χ2v) is 7.70. The SMILES string of the molecule is CCc1ccc(CC2CC(C(C)C)CCC2C(=O)O)s1. The highest BCUT2D eigenvalue weighted by atomic mass is 32.1. The number of carbonyl (C=O) groups is 1. The maximum Gasteiger partial charge on any atom is 0.306 e. The van der Waals surface area contributed by atoms with E-state index in [0.29, 0.717) is 17.8 Å². The first-order valence-electron chi connectivity index (χ1n) is 7.81. The molecule has 0 aliphatic heterocycles. The summed E-state index contributed by atoms with van der Waals surface area (Å²) in [7, 11) is 0.